The van der Waals surface area contributed by atoms with E-state index in [-0.39, 0.29) is 11.8 Å². The zero-order valence-corrected chi connectivity index (χ0v) is 13.4. The van der Waals surface area contributed by atoms with Crippen LogP contribution in [0.3, 0.4) is 0 Å². The molecule has 1 fully saturated rings. The molecule has 1 N–H and O–H groups in total. The molecule has 0 aliphatic carbocycles. The van der Waals surface area contributed by atoms with E-state index in [4.69, 9.17) is 4.74 Å². The molecule has 3 nitrogen and oxygen atoms in total. The van der Waals surface area contributed by atoms with Gasteiger partial charge in [0.15, 0.2) is 0 Å². The Balaban J connectivity index is 1.68. The third-order valence-electron chi connectivity index (χ3n) is 4.47. The highest BCUT2D eigenvalue weighted by Gasteiger charge is 2.46. The molecule has 0 amide bonds. The highest BCUT2D eigenvalue weighted by atomic mass is 31.2. The van der Waals surface area contributed by atoms with Gasteiger partial charge in [-0.05, 0) is 34.5 Å². The van der Waals surface area contributed by atoms with Crippen LogP contribution in [0.5, 0.6) is 0 Å². The zero-order valence-electron chi connectivity index (χ0n) is 12.5. The van der Waals surface area contributed by atoms with E-state index in [1.807, 2.05) is 36.4 Å². The van der Waals surface area contributed by atoms with Gasteiger partial charge in [-0.3, -0.25) is 4.57 Å². The van der Waals surface area contributed by atoms with Gasteiger partial charge >= 0.3 is 0 Å². The van der Waals surface area contributed by atoms with Crippen molar-refractivity contribution < 1.29 is 14.2 Å². The molecule has 1 aliphatic rings. The van der Waals surface area contributed by atoms with Crippen molar-refractivity contribution in [1.82, 2.24) is 0 Å². The van der Waals surface area contributed by atoms with Gasteiger partial charge in [0.05, 0.1) is 18.4 Å². The summed E-state index contributed by atoms with van der Waals surface area (Å²) >= 11 is 0. The van der Waals surface area contributed by atoms with Crippen LogP contribution in [0.15, 0.2) is 72.8 Å². The lowest BCUT2D eigenvalue weighted by Crippen LogP contribution is -2.39. The molecule has 0 radical (unpaired) electrons. The van der Waals surface area contributed by atoms with Gasteiger partial charge in [-0.2, -0.15) is 0 Å². The van der Waals surface area contributed by atoms with Gasteiger partial charge in [0.1, 0.15) is 0 Å². The SMILES string of the molecule is O=P(O)(c1ccccc1)C1COC1c1ccc2ccccc2c1. The van der Waals surface area contributed by atoms with E-state index < -0.39 is 7.37 Å². The Morgan fingerprint density at radius 1 is 0.913 bits per heavy atom. The Morgan fingerprint density at radius 2 is 1.61 bits per heavy atom. The molecular formula is C19H17O3P. The molecule has 3 aromatic carbocycles. The Morgan fingerprint density at radius 3 is 2.30 bits per heavy atom. The van der Waals surface area contributed by atoms with Crippen molar-refractivity contribution in [2.75, 3.05) is 6.61 Å². The van der Waals surface area contributed by atoms with E-state index >= 15 is 0 Å². The standard InChI is InChI=1S/C19H17O3P/c20-23(21,17-8-2-1-3-9-17)18-13-22-19(18)16-11-10-14-6-4-5-7-15(14)12-16/h1-12,18-19H,13H2,(H,20,21). The molecule has 3 aromatic rings. The van der Waals surface area contributed by atoms with Crippen LogP contribution >= 0.6 is 7.37 Å². The summed E-state index contributed by atoms with van der Waals surface area (Å²) in [7, 11) is -3.46. The molecule has 0 aromatic heterocycles. The van der Waals surface area contributed by atoms with Crippen molar-refractivity contribution in [3.63, 3.8) is 0 Å². The monoisotopic (exact) mass is 324 g/mol. The van der Waals surface area contributed by atoms with Crippen LogP contribution in [0.2, 0.25) is 0 Å². The third-order valence-corrected chi connectivity index (χ3v) is 6.83. The first-order chi connectivity index (χ1) is 11.2. The maximum absolute atomic E-state index is 12.9. The van der Waals surface area contributed by atoms with Gasteiger partial charge < -0.3 is 9.63 Å². The average Bonchev–Trinajstić information content (AvgIpc) is 2.54. The zero-order chi connectivity index (χ0) is 15.9. The van der Waals surface area contributed by atoms with Crippen molar-refractivity contribution in [3.05, 3.63) is 78.4 Å². The molecule has 1 saturated heterocycles. The van der Waals surface area contributed by atoms with E-state index in [0.717, 1.165) is 16.3 Å². The van der Waals surface area contributed by atoms with E-state index in [2.05, 4.69) is 12.1 Å². The van der Waals surface area contributed by atoms with Crippen LogP contribution in [0, 0.1) is 0 Å². The van der Waals surface area contributed by atoms with Gasteiger partial charge in [0.2, 0.25) is 7.37 Å². The normalized spacial score (nSPS) is 23.2. The van der Waals surface area contributed by atoms with E-state index in [1.54, 1.807) is 24.3 Å². The Labute approximate surface area is 135 Å². The number of benzene rings is 3. The summed E-state index contributed by atoms with van der Waals surface area (Å²) in [5.41, 5.74) is 0.580. The minimum absolute atomic E-state index is 0.320. The molecule has 1 heterocycles. The largest absolute Gasteiger partial charge is 0.372 e. The molecule has 0 bridgehead atoms. The lowest BCUT2D eigenvalue weighted by molar-refractivity contribution is -0.0501. The first-order valence-corrected chi connectivity index (χ1v) is 9.37. The quantitative estimate of drug-likeness (QED) is 0.744. The molecule has 4 rings (SSSR count). The lowest BCUT2D eigenvalue weighted by Gasteiger charge is -2.39. The van der Waals surface area contributed by atoms with Crippen molar-refractivity contribution in [2.24, 2.45) is 0 Å². The molecule has 116 valence electrons. The Bertz CT molecular complexity index is 891. The second-order valence-corrected chi connectivity index (χ2v) is 8.31. The predicted octanol–water partition coefficient (Wildman–Crippen LogP) is 3.88. The van der Waals surface area contributed by atoms with Crippen LogP contribution in [0.4, 0.5) is 0 Å². The van der Waals surface area contributed by atoms with Crippen LogP contribution < -0.4 is 5.30 Å². The van der Waals surface area contributed by atoms with Gasteiger partial charge in [0.25, 0.3) is 0 Å². The first-order valence-electron chi connectivity index (χ1n) is 7.65. The smallest absolute Gasteiger partial charge is 0.237 e. The molecule has 3 atom stereocenters. The molecule has 1 aliphatic heterocycles. The molecule has 3 unspecified atom stereocenters. The van der Waals surface area contributed by atoms with Gasteiger partial charge in [0, 0.05) is 5.30 Å². The van der Waals surface area contributed by atoms with E-state index in [1.165, 1.54) is 0 Å². The summed E-state index contributed by atoms with van der Waals surface area (Å²) in [6, 6.07) is 23.0. The van der Waals surface area contributed by atoms with Crippen LogP contribution in [-0.2, 0) is 9.30 Å². The predicted molar refractivity (Wildman–Crippen MR) is 92.3 cm³/mol. The van der Waals surface area contributed by atoms with Crippen molar-refractivity contribution >= 4 is 23.4 Å². The number of hydrogen-bond donors (Lipinski definition) is 1. The molecule has 0 saturated carbocycles. The first kappa shape index (κ1) is 14.6. The maximum atomic E-state index is 12.9. The minimum Gasteiger partial charge on any atom is -0.372 e. The van der Waals surface area contributed by atoms with E-state index in [0.29, 0.717) is 11.9 Å². The number of ether oxygens (including phenoxy) is 1. The van der Waals surface area contributed by atoms with Crippen molar-refractivity contribution in [1.29, 1.82) is 0 Å². The second-order valence-electron chi connectivity index (χ2n) is 5.89. The molecule has 4 heteroatoms. The second kappa shape index (κ2) is 5.61. The van der Waals surface area contributed by atoms with Crippen molar-refractivity contribution in [2.45, 2.75) is 11.8 Å². The maximum Gasteiger partial charge on any atom is 0.237 e. The number of fused-ring (bicyclic) bond motifs is 1. The van der Waals surface area contributed by atoms with Gasteiger partial charge in [-0.1, -0.05) is 54.6 Å². The Kier molecular flexibility index (Phi) is 3.57. The fourth-order valence-electron chi connectivity index (χ4n) is 3.10. The summed E-state index contributed by atoms with van der Waals surface area (Å²) < 4.78 is 18.6. The fraction of sp³-hybridized carbons (Fsp3) is 0.158. The Hall–Kier alpha value is -1.93. The average molecular weight is 324 g/mol. The molecule has 0 spiro atoms. The summed E-state index contributed by atoms with van der Waals surface area (Å²) in [6.45, 7) is 0.320. The minimum atomic E-state index is -3.46. The topological polar surface area (TPSA) is 46.5 Å². The summed E-state index contributed by atoms with van der Waals surface area (Å²) in [5, 5.41) is 2.77. The molecule has 23 heavy (non-hydrogen) atoms. The van der Waals surface area contributed by atoms with Crippen LogP contribution in [0.25, 0.3) is 10.8 Å². The summed E-state index contributed by atoms with van der Waals surface area (Å²) in [5.74, 6) is 0. The third kappa shape index (κ3) is 2.51. The molecular weight excluding hydrogens is 307 g/mol. The number of rotatable bonds is 3. The van der Waals surface area contributed by atoms with Gasteiger partial charge in [-0.25, -0.2) is 0 Å². The lowest BCUT2D eigenvalue weighted by atomic mass is 9.99. The summed E-state index contributed by atoms with van der Waals surface area (Å²) in [4.78, 5) is 10.6. The van der Waals surface area contributed by atoms with Crippen LogP contribution in [0.1, 0.15) is 11.7 Å². The van der Waals surface area contributed by atoms with Crippen LogP contribution in [-0.4, -0.2) is 17.2 Å². The van der Waals surface area contributed by atoms with Crippen molar-refractivity contribution in [3.8, 4) is 0 Å². The highest BCUT2D eigenvalue weighted by Crippen LogP contribution is 2.55. The van der Waals surface area contributed by atoms with E-state index in [9.17, 15) is 9.46 Å². The highest BCUT2D eigenvalue weighted by molar-refractivity contribution is 7.66. The fourth-order valence-corrected chi connectivity index (χ4v) is 4.99. The summed E-state index contributed by atoms with van der Waals surface area (Å²) in [6.07, 6.45) is -0.323. The number of hydrogen-bond acceptors (Lipinski definition) is 2. The van der Waals surface area contributed by atoms with Gasteiger partial charge in [-0.15, -0.1) is 0 Å².